The highest BCUT2D eigenvalue weighted by Gasteiger charge is 2.02. The summed E-state index contributed by atoms with van der Waals surface area (Å²) in [7, 11) is 0. The van der Waals surface area contributed by atoms with Gasteiger partial charge in [-0.15, -0.1) is 0 Å². The number of hydrogen-bond donors (Lipinski definition) is 1. The molecular weight excluding hydrogens is 166 g/mol. The van der Waals surface area contributed by atoms with Crippen LogP contribution < -0.4 is 5.73 Å². The molecule has 0 aliphatic heterocycles. The molecule has 4 nitrogen and oxygen atoms in total. The van der Waals surface area contributed by atoms with Crippen LogP contribution in [0.3, 0.4) is 0 Å². The first kappa shape index (κ1) is 7.67. The van der Waals surface area contributed by atoms with Crippen LogP contribution in [-0.4, -0.2) is 16.3 Å². The highest BCUT2D eigenvalue weighted by atomic mass is 16.1. The maximum atomic E-state index is 10.3. The second-order valence-corrected chi connectivity index (χ2v) is 2.55. The summed E-state index contributed by atoms with van der Waals surface area (Å²) in [4.78, 5) is 18.0. The molecule has 0 saturated carbocycles. The van der Waals surface area contributed by atoms with Gasteiger partial charge in [0.15, 0.2) is 0 Å². The van der Waals surface area contributed by atoms with E-state index in [1.165, 1.54) is 0 Å². The van der Waals surface area contributed by atoms with E-state index in [2.05, 4.69) is 9.97 Å². The number of carbonyl (C=O) groups excluding carboxylic acids is 1. The molecule has 0 saturated heterocycles. The number of fused-ring (bicyclic) bond motifs is 1. The van der Waals surface area contributed by atoms with Crippen molar-refractivity contribution in [1.82, 2.24) is 9.97 Å². The van der Waals surface area contributed by atoms with Gasteiger partial charge in [-0.05, 0) is 12.1 Å². The van der Waals surface area contributed by atoms with Crippen molar-refractivity contribution in [2.24, 2.45) is 0 Å². The molecule has 0 fully saturated rings. The zero-order valence-electron chi connectivity index (χ0n) is 6.69. The predicted molar refractivity (Wildman–Crippen MR) is 48.7 cm³/mol. The molecule has 13 heavy (non-hydrogen) atoms. The topological polar surface area (TPSA) is 68.9 Å². The van der Waals surface area contributed by atoms with Crippen LogP contribution in [0.15, 0.2) is 24.3 Å². The molecule has 0 atom stereocenters. The lowest BCUT2D eigenvalue weighted by molar-refractivity contribution is 0.560. The van der Waals surface area contributed by atoms with E-state index in [1.807, 2.05) is 12.1 Å². The third-order valence-corrected chi connectivity index (χ3v) is 1.72. The van der Waals surface area contributed by atoms with E-state index in [0.29, 0.717) is 11.3 Å². The zero-order valence-corrected chi connectivity index (χ0v) is 6.69. The molecule has 63 valence electrons. The fraction of sp³-hybridized carbons (Fsp3) is 0. The normalized spacial score (nSPS) is 10.2. The Kier molecular flexibility index (Phi) is 1.66. The summed E-state index contributed by atoms with van der Waals surface area (Å²) in [6, 6.07) is 7.24. The molecule has 0 spiro atoms. The van der Waals surface area contributed by atoms with Gasteiger partial charge in [0.25, 0.3) is 6.29 Å². The minimum Gasteiger partial charge on any atom is -0.383 e. The second kappa shape index (κ2) is 2.82. The maximum Gasteiger partial charge on any atom is 0.274 e. The van der Waals surface area contributed by atoms with Gasteiger partial charge in [0.2, 0.25) is 5.82 Å². The van der Waals surface area contributed by atoms with Crippen molar-refractivity contribution < 1.29 is 4.79 Å². The number of hydrogen-bond acceptors (Lipinski definition) is 4. The Labute approximate surface area is 74.4 Å². The van der Waals surface area contributed by atoms with Gasteiger partial charge in [-0.1, -0.05) is 12.1 Å². The molecule has 0 aliphatic rings. The van der Waals surface area contributed by atoms with Crippen molar-refractivity contribution in [2.45, 2.75) is 0 Å². The summed E-state index contributed by atoms with van der Waals surface area (Å²) in [5.41, 5.74) is 6.26. The first-order valence-electron chi connectivity index (χ1n) is 3.71. The molecule has 0 amide bonds. The summed E-state index contributed by atoms with van der Waals surface area (Å²) in [5.74, 6) is 0.306. The van der Waals surface area contributed by atoms with E-state index >= 15 is 0 Å². The van der Waals surface area contributed by atoms with Crippen LogP contribution in [0.25, 0.3) is 10.9 Å². The van der Waals surface area contributed by atoms with Crippen LogP contribution in [-0.2, 0) is 4.79 Å². The highest BCUT2D eigenvalue weighted by molar-refractivity contribution is 5.89. The quantitative estimate of drug-likeness (QED) is 0.686. The molecule has 0 bridgehead atoms. The van der Waals surface area contributed by atoms with E-state index in [9.17, 15) is 4.79 Å². The number of benzene rings is 1. The number of para-hydroxylation sites is 1. The SMILES string of the molecule is Nc1nc([C]=O)nc2ccccc12. The number of nitrogen functional groups attached to an aromatic ring is 1. The molecule has 2 N–H and O–H groups in total. The van der Waals surface area contributed by atoms with Crippen LogP contribution in [0.4, 0.5) is 5.82 Å². The lowest BCUT2D eigenvalue weighted by Crippen LogP contribution is -1.99. The Balaban J connectivity index is 2.84. The van der Waals surface area contributed by atoms with Gasteiger partial charge < -0.3 is 5.73 Å². The zero-order chi connectivity index (χ0) is 9.26. The van der Waals surface area contributed by atoms with E-state index in [0.717, 1.165) is 5.39 Å². The Morgan fingerprint density at radius 1 is 1.23 bits per heavy atom. The summed E-state index contributed by atoms with van der Waals surface area (Å²) in [6.07, 6.45) is 1.61. The van der Waals surface area contributed by atoms with E-state index in [4.69, 9.17) is 5.73 Å². The fourth-order valence-corrected chi connectivity index (χ4v) is 1.15. The first-order valence-corrected chi connectivity index (χ1v) is 3.71. The predicted octanol–water partition coefficient (Wildman–Crippen LogP) is 0.670. The van der Waals surface area contributed by atoms with Crippen LogP contribution in [0, 0.1) is 0 Å². The van der Waals surface area contributed by atoms with Gasteiger partial charge in [0.05, 0.1) is 5.52 Å². The molecule has 1 heterocycles. The molecular formula is C9H6N3O. The summed E-state index contributed by atoms with van der Waals surface area (Å²) < 4.78 is 0. The lowest BCUT2D eigenvalue weighted by Gasteiger charge is -1.99. The summed E-state index contributed by atoms with van der Waals surface area (Å²) >= 11 is 0. The minimum absolute atomic E-state index is 0.00352. The molecule has 0 unspecified atom stereocenters. The molecule has 1 aromatic carbocycles. The molecule has 0 aliphatic carbocycles. The number of rotatable bonds is 1. The van der Waals surface area contributed by atoms with Gasteiger partial charge >= 0.3 is 0 Å². The third kappa shape index (κ3) is 1.22. The third-order valence-electron chi connectivity index (χ3n) is 1.72. The van der Waals surface area contributed by atoms with Crippen LogP contribution >= 0.6 is 0 Å². The number of nitrogens with two attached hydrogens (primary N) is 1. The van der Waals surface area contributed by atoms with E-state index in [1.54, 1.807) is 18.4 Å². The smallest absolute Gasteiger partial charge is 0.274 e. The van der Waals surface area contributed by atoms with Gasteiger partial charge in [0, 0.05) is 5.39 Å². The van der Waals surface area contributed by atoms with Crippen molar-refractivity contribution >= 4 is 23.0 Å². The van der Waals surface area contributed by atoms with Gasteiger partial charge in [-0.3, -0.25) is 4.79 Å². The van der Waals surface area contributed by atoms with Crippen molar-refractivity contribution in [3.63, 3.8) is 0 Å². The Morgan fingerprint density at radius 3 is 2.77 bits per heavy atom. The molecule has 2 aromatic rings. The summed E-state index contributed by atoms with van der Waals surface area (Å²) in [6.45, 7) is 0. The van der Waals surface area contributed by atoms with Crippen LogP contribution in [0.1, 0.15) is 5.82 Å². The van der Waals surface area contributed by atoms with Crippen LogP contribution in [0.2, 0.25) is 0 Å². The Morgan fingerprint density at radius 2 is 2.00 bits per heavy atom. The highest BCUT2D eigenvalue weighted by Crippen LogP contribution is 2.15. The van der Waals surface area contributed by atoms with E-state index < -0.39 is 0 Å². The van der Waals surface area contributed by atoms with Crippen molar-refractivity contribution in [3.05, 3.63) is 30.1 Å². The average Bonchev–Trinajstić information content (AvgIpc) is 2.18. The average molecular weight is 172 g/mol. The van der Waals surface area contributed by atoms with Gasteiger partial charge in [0.1, 0.15) is 5.82 Å². The largest absolute Gasteiger partial charge is 0.383 e. The lowest BCUT2D eigenvalue weighted by atomic mass is 10.2. The van der Waals surface area contributed by atoms with Crippen molar-refractivity contribution in [2.75, 3.05) is 5.73 Å². The molecule has 4 heteroatoms. The van der Waals surface area contributed by atoms with Gasteiger partial charge in [-0.25, -0.2) is 9.97 Å². The summed E-state index contributed by atoms with van der Waals surface area (Å²) in [5, 5.41) is 0.751. The van der Waals surface area contributed by atoms with Crippen LogP contribution in [0.5, 0.6) is 0 Å². The minimum atomic E-state index is -0.00352. The standard InChI is InChI=1S/C9H6N3O/c10-9-6-3-1-2-4-7(6)11-8(5-13)12-9/h1-4H,(H2,10,11,12). The fourth-order valence-electron chi connectivity index (χ4n) is 1.15. The number of aromatic nitrogens is 2. The van der Waals surface area contributed by atoms with Crippen molar-refractivity contribution in [3.8, 4) is 0 Å². The number of nitrogens with zero attached hydrogens (tertiary/aromatic N) is 2. The van der Waals surface area contributed by atoms with Crippen molar-refractivity contribution in [1.29, 1.82) is 0 Å². The maximum absolute atomic E-state index is 10.3. The molecule has 2 rings (SSSR count). The number of anilines is 1. The molecule has 1 aromatic heterocycles. The Hall–Kier alpha value is -1.97. The van der Waals surface area contributed by atoms with Gasteiger partial charge in [-0.2, -0.15) is 0 Å². The molecule has 1 radical (unpaired) electrons. The second-order valence-electron chi connectivity index (χ2n) is 2.55. The van der Waals surface area contributed by atoms with E-state index in [-0.39, 0.29) is 5.82 Å². The Bertz CT molecular complexity index is 467. The first-order chi connectivity index (χ1) is 6.31. The monoisotopic (exact) mass is 172 g/mol.